The highest BCUT2D eigenvalue weighted by Gasteiger charge is 2.31. The second-order valence-corrected chi connectivity index (χ2v) is 10.0. The molecule has 3 aromatic heterocycles. The molecule has 2 atom stereocenters. The van der Waals surface area contributed by atoms with Gasteiger partial charge in [0.05, 0.1) is 24.1 Å². The van der Waals surface area contributed by atoms with Crippen molar-refractivity contribution in [3.63, 3.8) is 0 Å². The summed E-state index contributed by atoms with van der Waals surface area (Å²) in [7, 11) is 0. The number of aromatic nitrogens is 5. The van der Waals surface area contributed by atoms with Crippen LogP contribution in [0.1, 0.15) is 49.7 Å². The van der Waals surface area contributed by atoms with Gasteiger partial charge in [-0.25, -0.2) is 19.9 Å². The average molecular weight is 513 g/mol. The molecular formula is C25H23F3N6OS. The molecule has 1 fully saturated rings. The lowest BCUT2D eigenvalue weighted by molar-refractivity contribution is -0.137. The molecule has 1 saturated carbocycles. The molecule has 0 unspecified atom stereocenters. The molecule has 0 aliphatic heterocycles. The molecule has 3 heterocycles. The normalized spacial score (nSPS) is 20.3. The third kappa shape index (κ3) is 5.05. The van der Waals surface area contributed by atoms with Gasteiger partial charge in [-0.05, 0) is 43.2 Å². The molecule has 0 bridgehead atoms. The predicted molar refractivity (Wildman–Crippen MR) is 131 cm³/mol. The molecule has 0 spiro atoms. The summed E-state index contributed by atoms with van der Waals surface area (Å²) in [5.74, 6) is 6.64. The van der Waals surface area contributed by atoms with Gasteiger partial charge in [0.2, 0.25) is 5.82 Å². The fraction of sp³-hybridized carbons (Fsp3) is 0.360. The molecule has 7 nitrogen and oxygen atoms in total. The number of benzene rings is 1. The summed E-state index contributed by atoms with van der Waals surface area (Å²) in [4.78, 5) is 17.6. The lowest BCUT2D eigenvalue weighted by atomic mass is 9.79. The van der Waals surface area contributed by atoms with Gasteiger partial charge in [0.25, 0.3) is 0 Å². The highest BCUT2D eigenvalue weighted by molar-refractivity contribution is 7.13. The summed E-state index contributed by atoms with van der Waals surface area (Å²) in [5.41, 5.74) is 6.57. The number of hydrogen-bond donors (Lipinski definition) is 2. The molecule has 0 amide bonds. The monoisotopic (exact) mass is 512 g/mol. The van der Waals surface area contributed by atoms with Crippen molar-refractivity contribution < 1.29 is 18.3 Å². The molecule has 0 saturated heterocycles. The van der Waals surface area contributed by atoms with Crippen LogP contribution in [0.4, 0.5) is 19.0 Å². The first-order valence-corrected chi connectivity index (χ1v) is 12.3. The van der Waals surface area contributed by atoms with Crippen LogP contribution in [0.5, 0.6) is 0 Å². The van der Waals surface area contributed by atoms with E-state index >= 15 is 0 Å². The number of nitrogen functional groups attached to an aromatic ring is 1. The Hall–Kier alpha value is -3.49. The number of thiazole rings is 1. The van der Waals surface area contributed by atoms with Gasteiger partial charge in [0, 0.05) is 10.9 Å². The van der Waals surface area contributed by atoms with Crippen LogP contribution >= 0.6 is 11.3 Å². The lowest BCUT2D eigenvalue weighted by Crippen LogP contribution is -2.32. The number of aliphatic hydroxyl groups is 1. The van der Waals surface area contributed by atoms with Crippen molar-refractivity contribution in [1.29, 1.82) is 0 Å². The van der Waals surface area contributed by atoms with Gasteiger partial charge in [-0.2, -0.15) is 13.2 Å². The van der Waals surface area contributed by atoms with Crippen molar-refractivity contribution in [1.82, 2.24) is 24.5 Å². The zero-order valence-corrected chi connectivity index (χ0v) is 20.2. The van der Waals surface area contributed by atoms with Crippen LogP contribution < -0.4 is 5.73 Å². The van der Waals surface area contributed by atoms with E-state index in [4.69, 9.17) is 5.73 Å². The molecule has 1 aromatic carbocycles. The van der Waals surface area contributed by atoms with Gasteiger partial charge in [-0.3, -0.25) is 0 Å². The molecule has 4 aromatic rings. The molecule has 1 aliphatic rings. The number of hydrogen-bond acceptors (Lipinski definition) is 7. The minimum Gasteiger partial charge on any atom is -0.382 e. The van der Waals surface area contributed by atoms with E-state index in [9.17, 15) is 18.3 Å². The van der Waals surface area contributed by atoms with E-state index < -0.39 is 17.3 Å². The van der Waals surface area contributed by atoms with Crippen molar-refractivity contribution in [2.75, 3.05) is 5.73 Å². The molecule has 5 rings (SSSR count). The fourth-order valence-electron chi connectivity index (χ4n) is 4.44. The second kappa shape index (κ2) is 9.19. The third-order valence-electron chi connectivity index (χ3n) is 6.21. The second-order valence-electron chi connectivity index (χ2n) is 9.18. The van der Waals surface area contributed by atoms with Crippen LogP contribution in [0.3, 0.4) is 0 Å². The van der Waals surface area contributed by atoms with Crippen LogP contribution in [-0.2, 0) is 12.7 Å². The van der Waals surface area contributed by atoms with Gasteiger partial charge in [-0.1, -0.05) is 31.4 Å². The van der Waals surface area contributed by atoms with Crippen molar-refractivity contribution in [2.45, 2.75) is 50.9 Å². The molecule has 36 heavy (non-hydrogen) atoms. The summed E-state index contributed by atoms with van der Waals surface area (Å²) in [6.07, 6.45) is 0.430. The van der Waals surface area contributed by atoms with E-state index in [2.05, 4.69) is 38.7 Å². The smallest absolute Gasteiger partial charge is 0.382 e. The molecule has 3 N–H and O–H groups in total. The number of nitrogens with two attached hydrogens (primary N) is 1. The van der Waals surface area contributed by atoms with Crippen molar-refractivity contribution in [3.8, 4) is 22.4 Å². The maximum absolute atomic E-state index is 12.8. The summed E-state index contributed by atoms with van der Waals surface area (Å²) in [6.45, 7) is 2.44. The molecule has 1 aliphatic carbocycles. The van der Waals surface area contributed by atoms with E-state index in [0.29, 0.717) is 52.7 Å². The lowest BCUT2D eigenvalue weighted by Gasteiger charge is -2.30. The van der Waals surface area contributed by atoms with E-state index in [1.165, 1.54) is 23.5 Å². The van der Waals surface area contributed by atoms with Crippen LogP contribution in [0, 0.1) is 17.8 Å². The maximum Gasteiger partial charge on any atom is 0.416 e. The van der Waals surface area contributed by atoms with Crippen molar-refractivity contribution >= 4 is 28.3 Å². The van der Waals surface area contributed by atoms with E-state index in [-0.39, 0.29) is 11.6 Å². The first-order valence-electron chi connectivity index (χ1n) is 11.5. The van der Waals surface area contributed by atoms with Crippen LogP contribution in [0.15, 0.2) is 36.0 Å². The molecule has 11 heteroatoms. The molecule has 186 valence electrons. The van der Waals surface area contributed by atoms with Crippen molar-refractivity contribution in [3.05, 3.63) is 53.1 Å². The fourth-order valence-corrected chi connectivity index (χ4v) is 5.25. The minimum absolute atomic E-state index is 0.191. The Bertz CT molecular complexity index is 1470. The number of alkyl halides is 3. The molecular weight excluding hydrogens is 489 g/mol. The van der Waals surface area contributed by atoms with Gasteiger partial charge in [0.1, 0.15) is 16.1 Å². The van der Waals surface area contributed by atoms with Crippen LogP contribution in [-0.4, -0.2) is 35.2 Å². The third-order valence-corrected chi connectivity index (χ3v) is 7.15. The topological polar surface area (TPSA) is 103 Å². The Morgan fingerprint density at radius 1 is 1.22 bits per heavy atom. The summed E-state index contributed by atoms with van der Waals surface area (Å²) < 4.78 is 40.3. The minimum atomic E-state index is -4.38. The van der Waals surface area contributed by atoms with Crippen LogP contribution in [0.2, 0.25) is 0 Å². The molecule has 0 radical (unpaired) electrons. The van der Waals surface area contributed by atoms with Crippen molar-refractivity contribution in [2.24, 2.45) is 5.92 Å². The number of halogens is 3. The first-order chi connectivity index (χ1) is 17.1. The Balaban J connectivity index is 1.39. The maximum atomic E-state index is 12.8. The number of rotatable bonds is 3. The predicted octanol–water partition coefficient (Wildman–Crippen LogP) is 4.89. The number of fused-ring (bicyclic) bond motifs is 1. The standard InChI is InChI=1S/C25H23F3N6OS/c1-15-3-2-9-24(35,11-15)10-8-19-32-21(29)20-22(33-19)34(14-30-20)12-18-13-36-23(31-18)16-4-6-17(7-5-16)25(26,27)28/h4-7,13-15,35H,2-3,9,11-12H2,1H3,(H2,29,32,33)/t15-,24-/m1/s1. The van der Waals surface area contributed by atoms with Gasteiger partial charge >= 0.3 is 6.18 Å². The Kier molecular flexibility index (Phi) is 6.18. The first kappa shape index (κ1) is 24.2. The SMILES string of the molecule is C[C@@H]1CCC[C@@](O)(C#Cc2nc(N)c3ncn(Cc4csc(-c5ccc(C(F)(F)F)cc5)n4)c3n2)C1. The highest BCUT2D eigenvalue weighted by Crippen LogP contribution is 2.33. The Morgan fingerprint density at radius 3 is 2.72 bits per heavy atom. The Morgan fingerprint density at radius 2 is 2.00 bits per heavy atom. The van der Waals surface area contributed by atoms with Gasteiger partial charge in [0.15, 0.2) is 11.5 Å². The zero-order chi connectivity index (χ0) is 25.5. The Labute approximate surface area is 209 Å². The summed E-state index contributed by atoms with van der Waals surface area (Å²) in [5, 5.41) is 13.3. The summed E-state index contributed by atoms with van der Waals surface area (Å²) >= 11 is 1.34. The summed E-state index contributed by atoms with van der Waals surface area (Å²) in [6, 6.07) is 4.93. The largest absolute Gasteiger partial charge is 0.416 e. The van der Waals surface area contributed by atoms with Gasteiger partial charge in [-0.15, -0.1) is 11.3 Å². The van der Waals surface area contributed by atoms with Gasteiger partial charge < -0.3 is 15.4 Å². The van der Waals surface area contributed by atoms with Crippen LogP contribution in [0.25, 0.3) is 21.7 Å². The zero-order valence-electron chi connectivity index (χ0n) is 19.4. The number of imidazole rings is 1. The number of anilines is 1. The number of nitrogens with zero attached hydrogens (tertiary/aromatic N) is 5. The van der Waals surface area contributed by atoms with E-state index in [0.717, 1.165) is 25.0 Å². The quantitative estimate of drug-likeness (QED) is 0.379. The average Bonchev–Trinajstić information content (AvgIpc) is 3.45. The van der Waals surface area contributed by atoms with E-state index in [1.807, 2.05) is 5.38 Å². The van der Waals surface area contributed by atoms with E-state index in [1.54, 1.807) is 10.9 Å². The highest BCUT2D eigenvalue weighted by atomic mass is 32.1.